The number of likely N-dealkylation sites (tertiary alicyclic amines) is 1. The van der Waals surface area contributed by atoms with Crippen LogP contribution in [-0.4, -0.2) is 34.5 Å². The molecule has 0 bridgehead atoms. The van der Waals surface area contributed by atoms with E-state index in [0.717, 1.165) is 25.3 Å². The largest absolute Gasteiger partial charge is 0.481 e. The normalized spacial score (nSPS) is 28.1. The van der Waals surface area contributed by atoms with E-state index < -0.39 is 5.97 Å². The zero-order valence-electron chi connectivity index (χ0n) is 9.52. The van der Waals surface area contributed by atoms with E-state index in [0.29, 0.717) is 18.9 Å². The summed E-state index contributed by atoms with van der Waals surface area (Å²) in [5.41, 5.74) is 0. The second-order valence-corrected chi connectivity index (χ2v) is 4.88. The Morgan fingerprint density at radius 2 is 2.00 bits per heavy atom. The van der Waals surface area contributed by atoms with Gasteiger partial charge in [-0.1, -0.05) is 6.42 Å². The molecule has 2 rings (SSSR count). The maximum Gasteiger partial charge on any atom is 0.303 e. The first-order chi connectivity index (χ1) is 7.68. The minimum absolute atomic E-state index is 0.105. The van der Waals surface area contributed by atoms with E-state index in [1.807, 2.05) is 4.90 Å². The third-order valence-electron chi connectivity index (χ3n) is 3.86. The summed E-state index contributed by atoms with van der Waals surface area (Å²) >= 11 is 0. The molecule has 1 amide bonds. The van der Waals surface area contributed by atoms with E-state index in [1.54, 1.807) is 0 Å². The Labute approximate surface area is 95.6 Å². The maximum atomic E-state index is 11.9. The first-order valence-electron chi connectivity index (χ1n) is 6.20. The van der Waals surface area contributed by atoms with E-state index in [4.69, 9.17) is 5.11 Å². The van der Waals surface area contributed by atoms with Gasteiger partial charge in [0.1, 0.15) is 0 Å². The molecule has 4 heteroatoms. The summed E-state index contributed by atoms with van der Waals surface area (Å²) in [6.45, 7) is 0.890. The number of aliphatic carboxylic acids is 1. The predicted octanol–water partition coefficient (Wildman–Crippen LogP) is 1.64. The molecule has 0 aromatic carbocycles. The Morgan fingerprint density at radius 3 is 2.75 bits per heavy atom. The van der Waals surface area contributed by atoms with Crippen LogP contribution >= 0.6 is 0 Å². The number of carbonyl (C=O) groups is 2. The molecule has 1 saturated carbocycles. The summed E-state index contributed by atoms with van der Waals surface area (Å²) in [4.78, 5) is 24.3. The third-order valence-corrected chi connectivity index (χ3v) is 3.86. The lowest BCUT2D eigenvalue weighted by atomic mass is 10.0. The number of carboxylic acids is 1. The molecule has 0 radical (unpaired) electrons. The molecule has 16 heavy (non-hydrogen) atoms. The molecule has 1 saturated heterocycles. The van der Waals surface area contributed by atoms with Crippen LogP contribution in [0.2, 0.25) is 0 Å². The zero-order valence-corrected chi connectivity index (χ0v) is 9.52. The Hall–Kier alpha value is -1.06. The number of amides is 1. The van der Waals surface area contributed by atoms with E-state index in [1.165, 1.54) is 12.8 Å². The summed E-state index contributed by atoms with van der Waals surface area (Å²) in [5, 5.41) is 8.52. The van der Waals surface area contributed by atoms with E-state index in [9.17, 15) is 9.59 Å². The van der Waals surface area contributed by atoms with Gasteiger partial charge in [0.05, 0.1) is 0 Å². The van der Waals surface area contributed by atoms with Crippen LogP contribution in [0.4, 0.5) is 0 Å². The summed E-state index contributed by atoms with van der Waals surface area (Å²) in [5.74, 6) is 0.0760. The van der Waals surface area contributed by atoms with Crippen LogP contribution in [0.15, 0.2) is 0 Å². The van der Waals surface area contributed by atoms with Crippen LogP contribution in [0.5, 0.6) is 0 Å². The van der Waals surface area contributed by atoms with Crippen LogP contribution < -0.4 is 0 Å². The highest BCUT2D eigenvalue weighted by Crippen LogP contribution is 2.37. The van der Waals surface area contributed by atoms with Gasteiger partial charge in [-0.15, -0.1) is 0 Å². The smallest absolute Gasteiger partial charge is 0.303 e. The van der Waals surface area contributed by atoms with Gasteiger partial charge in [0.25, 0.3) is 0 Å². The fourth-order valence-corrected chi connectivity index (χ4v) is 3.08. The van der Waals surface area contributed by atoms with Gasteiger partial charge in [0.2, 0.25) is 5.91 Å². The van der Waals surface area contributed by atoms with Gasteiger partial charge in [-0.3, -0.25) is 9.59 Å². The van der Waals surface area contributed by atoms with Gasteiger partial charge in [-0.05, 0) is 31.6 Å². The van der Waals surface area contributed by atoms with E-state index in [2.05, 4.69) is 0 Å². The first-order valence-corrected chi connectivity index (χ1v) is 6.20. The highest BCUT2D eigenvalue weighted by atomic mass is 16.4. The summed E-state index contributed by atoms with van der Waals surface area (Å²) in [6.07, 6.45) is 5.79. The van der Waals surface area contributed by atoms with Gasteiger partial charge < -0.3 is 10.0 Å². The number of nitrogens with zero attached hydrogens (tertiary/aromatic N) is 1. The van der Waals surface area contributed by atoms with Gasteiger partial charge >= 0.3 is 5.97 Å². The SMILES string of the molecule is O=C(O)CCCC(=O)N1CCC2CCCC21. The van der Waals surface area contributed by atoms with Gasteiger partial charge in [-0.25, -0.2) is 0 Å². The number of fused-ring (bicyclic) bond motifs is 1. The third kappa shape index (κ3) is 2.36. The van der Waals surface area contributed by atoms with Gasteiger partial charge in [0.15, 0.2) is 0 Å². The highest BCUT2D eigenvalue weighted by molar-refractivity contribution is 5.77. The average Bonchev–Trinajstić information content (AvgIpc) is 2.76. The van der Waals surface area contributed by atoms with Crippen molar-refractivity contribution in [3.05, 3.63) is 0 Å². The van der Waals surface area contributed by atoms with Crippen molar-refractivity contribution in [1.82, 2.24) is 4.90 Å². The first kappa shape index (κ1) is 11.4. The molecule has 0 spiro atoms. The summed E-state index contributed by atoms with van der Waals surface area (Å²) in [6, 6.07) is 0.470. The van der Waals surface area contributed by atoms with E-state index >= 15 is 0 Å². The Kier molecular flexibility index (Phi) is 3.46. The Balaban J connectivity index is 1.79. The minimum atomic E-state index is -0.812. The molecule has 0 aromatic heterocycles. The second kappa shape index (κ2) is 4.85. The molecular weight excluding hydrogens is 206 g/mol. The lowest BCUT2D eigenvalue weighted by molar-refractivity contribution is -0.137. The molecule has 1 heterocycles. The average molecular weight is 225 g/mol. The molecule has 2 unspecified atom stereocenters. The van der Waals surface area contributed by atoms with Crippen molar-refractivity contribution in [3.63, 3.8) is 0 Å². The summed E-state index contributed by atoms with van der Waals surface area (Å²) < 4.78 is 0. The number of carboxylic acid groups (broad SMARTS) is 1. The number of carbonyl (C=O) groups excluding carboxylic acids is 1. The fraction of sp³-hybridized carbons (Fsp3) is 0.833. The lowest BCUT2D eigenvalue weighted by Crippen LogP contribution is -2.35. The van der Waals surface area contributed by atoms with Gasteiger partial charge in [-0.2, -0.15) is 0 Å². The van der Waals surface area contributed by atoms with Crippen LogP contribution in [0, 0.1) is 5.92 Å². The molecule has 1 aliphatic carbocycles. The topological polar surface area (TPSA) is 57.6 Å². The molecule has 1 N–H and O–H groups in total. The quantitative estimate of drug-likeness (QED) is 0.791. The van der Waals surface area contributed by atoms with Crippen molar-refractivity contribution in [2.24, 2.45) is 5.92 Å². The minimum Gasteiger partial charge on any atom is -0.481 e. The summed E-state index contributed by atoms with van der Waals surface area (Å²) in [7, 11) is 0. The van der Waals surface area contributed by atoms with E-state index in [-0.39, 0.29) is 12.3 Å². The second-order valence-electron chi connectivity index (χ2n) is 4.88. The van der Waals surface area contributed by atoms with Crippen molar-refractivity contribution in [2.75, 3.05) is 6.54 Å². The zero-order chi connectivity index (χ0) is 11.5. The molecule has 2 atom stereocenters. The number of hydrogen-bond donors (Lipinski definition) is 1. The Bertz CT molecular complexity index is 290. The molecule has 90 valence electrons. The van der Waals surface area contributed by atoms with Crippen LogP contribution in [0.25, 0.3) is 0 Å². The standard InChI is InChI=1S/C12H19NO3/c14-11(5-2-6-12(15)16)13-8-7-9-3-1-4-10(9)13/h9-10H,1-8H2,(H,15,16). The monoisotopic (exact) mass is 225 g/mol. The maximum absolute atomic E-state index is 11.9. The van der Waals surface area contributed by atoms with Crippen molar-refractivity contribution in [1.29, 1.82) is 0 Å². The predicted molar refractivity (Wildman–Crippen MR) is 58.9 cm³/mol. The van der Waals surface area contributed by atoms with Crippen molar-refractivity contribution in [3.8, 4) is 0 Å². The van der Waals surface area contributed by atoms with Crippen LogP contribution in [0.3, 0.4) is 0 Å². The van der Waals surface area contributed by atoms with Crippen LogP contribution in [-0.2, 0) is 9.59 Å². The highest BCUT2D eigenvalue weighted by Gasteiger charge is 2.39. The molecular formula is C12H19NO3. The molecule has 2 aliphatic rings. The lowest BCUT2D eigenvalue weighted by Gasteiger charge is -2.23. The van der Waals surface area contributed by atoms with Crippen molar-refractivity contribution in [2.45, 2.75) is 51.0 Å². The van der Waals surface area contributed by atoms with Crippen molar-refractivity contribution < 1.29 is 14.7 Å². The molecule has 4 nitrogen and oxygen atoms in total. The van der Waals surface area contributed by atoms with Crippen molar-refractivity contribution >= 4 is 11.9 Å². The molecule has 2 fully saturated rings. The number of rotatable bonds is 4. The van der Waals surface area contributed by atoms with Gasteiger partial charge in [0, 0.05) is 25.4 Å². The molecule has 0 aromatic rings. The van der Waals surface area contributed by atoms with Crippen LogP contribution in [0.1, 0.15) is 44.9 Å². The molecule has 1 aliphatic heterocycles. The fourth-order valence-electron chi connectivity index (χ4n) is 3.08. The Morgan fingerprint density at radius 1 is 1.19 bits per heavy atom. The number of hydrogen-bond acceptors (Lipinski definition) is 2.